The molecule has 2 bridgehead atoms. The fourth-order valence-electron chi connectivity index (χ4n) is 9.52. The van der Waals surface area contributed by atoms with Crippen LogP contribution in [0.3, 0.4) is 0 Å². The summed E-state index contributed by atoms with van der Waals surface area (Å²) in [5.41, 5.74) is -0.00517. The predicted molar refractivity (Wildman–Crippen MR) is 171 cm³/mol. The van der Waals surface area contributed by atoms with Gasteiger partial charge in [0.05, 0.1) is 11.9 Å². The number of carbonyl (C=O) groups excluding carboxylic acids is 2. The van der Waals surface area contributed by atoms with Gasteiger partial charge in [-0.25, -0.2) is 0 Å². The second-order valence-electron chi connectivity index (χ2n) is 14.7. The Morgan fingerprint density at radius 3 is 2.64 bits per heavy atom. The molecule has 5 rings (SSSR count). The van der Waals surface area contributed by atoms with Crippen LogP contribution in [0.1, 0.15) is 104 Å². The smallest absolute Gasteiger partial charge is 0.316 e. The minimum Gasteiger partial charge on any atom is -0.461 e. The number of ether oxygens (including phenoxy) is 1. The summed E-state index contributed by atoms with van der Waals surface area (Å²) in [6.45, 7) is 15.0. The first-order valence-electron chi connectivity index (χ1n) is 16.4. The Bertz CT molecular complexity index is 1140. The van der Waals surface area contributed by atoms with Gasteiger partial charge in [0.15, 0.2) is 0 Å². The zero-order valence-electron chi connectivity index (χ0n) is 26.4. The number of hydrogen-bond donors (Lipinski definition) is 2. The van der Waals surface area contributed by atoms with Crippen molar-refractivity contribution in [1.29, 1.82) is 0 Å². The van der Waals surface area contributed by atoms with E-state index in [-0.39, 0.29) is 29.1 Å². The van der Waals surface area contributed by atoms with Crippen LogP contribution >= 0.6 is 11.8 Å². The van der Waals surface area contributed by atoms with E-state index in [0.717, 1.165) is 44.9 Å². The number of benzene rings is 1. The molecule has 0 spiro atoms. The van der Waals surface area contributed by atoms with Crippen molar-refractivity contribution in [3.8, 4) is 0 Å². The van der Waals surface area contributed by atoms with E-state index in [1.54, 1.807) is 11.8 Å². The first kappa shape index (κ1) is 31.8. The van der Waals surface area contributed by atoms with Crippen molar-refractivity contribution in [3.05, 3.63) is 48.6 Å². The number of rotatable bonds is 8. The van der Waals surface area contributed by atoms with Crippen molar-refractivity contribution in [2.45, 2.75) is 122 Å². The quantitative estimate of drug-likeness (QED) is 0.243. The summed E-state index contributed by atoms with van der Waals surface area (Å²) in [5, 5.41) is 16.0. The highest BCUT2D eigenvalue weighted by Crippen LogP contribution is 2.68. The van der Waals surface area contributed by atoms with Gasteiger partial charge in [0.1, 0.15) is 11.9 Å². The van der Waals surface area contributed by atoms with Crippen LogP contribution in [-0.4, -0.2) is 46.1 Å². The van der Waals surface area contributed by atoms with Gasteiger partial charge < -0.3 is 15.2 Å². The van der Waals surface area contributed by atoms with Gasteiger partial charge in [-0.3, -0.25) is 9.59 Å². The molecule has 0 heterocycles. The lowest BCUT2D eigenvalue weighted by atomic mass is 9.44. The molecule has 0 saturated heterocycles. The minimum absolute atomic E-state index is 0.0200. The van der Waals surface area contributed by atoms with Crippen LogP contribution in [0.2, 0.25) is 0 Å². The Balaban J connectivity index is 1.28. The monoisotopic (exact) mass is 595 g/mol. The number of ketones is 1. The van der Waals surface area contributed by atoms with E-state index >= 15 is 0 Å². The van der Waals surface area contributed by atoms with Gasteiger partial charge >= 0.3 is 5.97 Å². The Morgan fingerprint density at radius 1 is 1.19 bits per heavy atom. The van der Waals surface area contributed by atoms with Crippen molar-refractivity contribution >= 4 is 23.5 Å². The zero-order valence-corrected chi connectivity index (χ0v) is 27.3. The van der Waals surface area contributed by atoms with E-state index in [0.29, 0.717) is 41.7 Å². The second kappa shape index (κ2) is 12.4. The Hall–Kier alpha value is -1.63. The highest BCUT2D eigenvalue weighted by molar-refractivity contribution is 8.00. The number of carbonyl (C=O) groups is 2. The topological polar surface area (TPSA) is 75.6 Å². The maximum atomic E-state index is 13.6. The van der Waals surface area contributed by atoms with Crippen LogP contribution in [0.15, 0.2) is 43.0 Å². The number of aliphatic hydroxyl groups is 1. The molecule has 4 unspecified atom stereocenters. The molecule has 0 amide bonds. The third-order valence-electron chi connectivity index (χ3n) is 12.4. The normalized spacial score (nSPS) is 42.6. The summed E-state index contributed by atoms with van der Waals surface area (Å²) in [4.78, 5) is 27.2. The lowest BCUT2D eigenvalue weighted by Crippen LogP contribution is -2.63. The summed E-state index contributed by atoms with van der Waals surface area (Å²) < 4.78 is 6.47. The number of Topliss-reactive ketones (excluding diaryl/α,β-unsaturated/α-hetero) is 1. The van der Waals surface area contributed by atoms with Gasteiger partial charge in [-0.15, -0.1) is 18.3 Å². The number of aliphatic hydroxyl groups excluding tert-OH is 1. The highest BCUT2D eigenvalue weighted by Gasteiger charge is 2.68. The first-order chi connectivity index (χ1) is 19.9. The van der Waals surface area contributed by atoms with Crippen LogP contribution in [0.25, 0.3) is 0 Å². The molecule has 4 fully saturated rings. The van der Waals surface area contributed by atoms with Crippen molar-refractivity contribution in [2.24, 2.45) is 34.0 Å². The molecule has 4 saturated carbocycles. The van der Waals surface area contributed by atoms with Crippen molar-refractivity contribution in [3.63, 3.8) is 0 Å². The summed E-state index contributed by atoms with van der Waals surface area (Å²) in [5.74, 6) is 0.466. The second-order valence-corrected chi connectivity index (χ2v) is 15.9. The predicted octanol–water partition coefficient (Wildman–Crippen LogP) is 7.29. The SMILES string of the molecule is C=C[C@]1(C)C[C@@H](OC(=O)CSC2CCCC(NC(C)c3ccccc3)C2)[C@]2(C)[C@H](C)CCC3(CCC(=O)[C@H]32)[C@@H](C)[C@@H]1O. The zero-order chi connectivity index (χ0) is 30.3. The molecule has 4 aliphatic carbocycles. The third-order valence-corrected chi connectivity index (χ3v) is 13.7. The van der Waals surface area contributed by atoms with E-state index in [9.17, 15) is 14.7 Å². The summed E-state index contributed by atoms with van der Waals surface area (Å²) in [7, 11) is 0. The molecule has 1 aromatic rings. The third kappa shape index (κ3) is 5.65. The Kier molecular flexibility index (Phi) is 9.38. The van der Waals surface area contributed by atoms with Gasteiger partial charge in [-0.1, -0.05) is 70.5 Å². The van der Waals surface area contributed by atoms with Crippen molar-refractivity contribution in [1.82, 2.24) is 5.32 Å². The first-order valence-corrected chi connectivity index (χ1v) is 17.5. The van der Waals surface area contributed by atoms with E-state index in [1.165, 1.54) is 5.56 Å². The molecule has 2 N–H and O–H groups in total. The Labute approximate surface area is 258 Å². The molecule has 42 heavy (non-hydrogen) atoms. The van der Waals surface area contributed by atoms with E-state index in [2.05, 4.69) is 76.8 Å². The summed E-state index contributed by atoms with van der Waals surface area (Å²) in [6, 6.07) is 11.3. The lowest BCUT2D eigenvalue weighted by Gasteiger charge is -2.61. The molecule has 1 aromatic carbocycles. The largest absolute Gasteiger partial charge is 0.461 e. The fraction of sp³-hybridized carbons (Fsp3) is 0.722. The molecule has 4 aliphatic rings. The fourth-order valence-corrected chi connectivity index (χ4v) is 10.7. The highest BCUT2D eigenvalue weighted by atomic mass is 32.2. The van der Waals surface area contributed by atoms with Gasteiger partial charge in [0, 0.05) is 40.5 Å². The van der Waals surface area contributed by atoms with Crippen LogP contribution in [-0.2, 0) is 14.3 Å². The van der Waals surface area contributed by atoms with Gasteiger partial charge in [0.2, 0.25) is 0 Å². The average Bonchev–Trinajstić information content (AvgIpc) is 3.35. The maximum Gasteiger partial charge on any atom is 0.316 e. The number of nitrogens with one attached hydrogen (secondary N) is 1. The lowest BCUT2D eigenvalue weighted by molar-refractivity contribution is -0.205. The van der Waals surface area contributed by atoms with Gasteiger partial charge in [0.25, 0.3) is 0 Å². The summed E-state index contributed by atoms with van der Waals surface area (Å²) >= 11 is 1.73. The van der Waals surface area contributed by atoms with Gasteiger partial charge in [-0.2, -0.15) is 0 Å². The van der Waals surface area contributed by atoms with Crippen LogP contribution < -0.4 is 5.32 Å². The van der Waals surface area contributed by atoms with Crippen LogP contribution in [0.5, 0.6) is 0 Å². The van der Waals surface area contributed by atoms with E-state index in [1.807, 2.05) is 6.08 Å². The molecule has 5 nitrogen and oxygen atoms in total. The molecule has 0 aromatic heterocycles. The standard InChI is InChI=1S/C36H53NO4S/c1-7-34(5)21-30(35(6)23(2)16-18-36(24(3)33(34)40)19-17-29(38)32(35)36)41-31(39)22-42-28-15-11-14-27(20-28)37-25(4)26-12-9-8-10-13-26/h7-10,12-13,23-25,27-28,30,32-33,37,40H,1,11,14-22H2,2-6H3/t23-,24+,25?,27?,28?,30-,32+,33+,34-,35+,36?/m1/s1. The van der Waals surface area contributed by atoms with Crippen molar-refractivity contribution < 1.29 is 19.4 Å². The molecule has 11 atom stereocenters. The number of thioether (sulfide) groups is 1. The molecule has 0 radical (unpaired) electrons. The number of hydrogen-bond acceptors (Lipinski definition) is 6. The average molecular weight is 596 g/mol. The maximum absolute atomic E-state index is 13.6. The number of esters is 1. The molecular formula is C36H53NO4S. The van der Waals surface area contributed by atoms with Crippen LogP contribution in [0.4, 0.5) is 0 Å². The molecular weight excluding hydrogens is 542 g/mol. The summed E-state index contributed by atoms with van der Waals surface area (Å²) in [6.07, 6.45) is 9.08. The minimum atomic E-state index is -0.637. The van der Waals surface area contributed by atoms with Crippen molar-refractivity contribution in [2.75, 3.05) is 5.75 Å². The van der Waals surface area contributed by atoms with Crippen LogP contribution in [0, 0.1) is 34.0 Å². The van der Waals surface area contributed by atoms with E-state index < -0.39 is 23.0 Å². The molecule has 232 valence electrons. The Morgan fingerprint density at radius 2 is 1.93 bits per heavy atom. The molecule has 6 heteroatoms. The van der Waals surface area contributed by atoms with E-state index in [4.69, 9.17) is 4.74 Å². The molecule has 0 aliphatic heterocycles. The van der Waals surface area contributed by atoms with Gasteiger partial charge in [-0.05, 0) is 74.7 Å².